The van der Waals surface area contributed by atoms with Crippen LogP contribution >= 0.6 is 15.6 Å². The van der Waals surface area contributed by atoms with Gasteiger partial charge in [-0.25, -0.2) is 9.13 Å². The quantitative estimate of drug-likeness (QED) is 0.0222. The Balaban J connectivity index is 5.19. The van der Waals surface area contributed by atoms with E-state index in [2.05, 4.69) is 41.5 Å². The van der Waals surface area contributed by atoms with Crippen molar-refractivity contribution in [3.05, 3.63) is 0 Å². The van der Waals surface area contributed by atoms with Crippen LogP contribution in [-0.2, 0) is 65.4 Å². The smallest absolute Gasteiger partial charge is 0.462 e. The van der Waals surface area contributed by atoms with Crippen LogP contribution in [0, 0.1) is 11.8 Å². The Labute approximate surface area is 505 Å². The normalized spacial score (nSPS) is 14.3. The van der Waals surface area contributed by atoms with Gasteiger partial charge in [-0.2, -0.15) is 0 Å². The average Bonchev–Trinajstić information content (AvgIpc) is 3.49. The molecule has 17 nitrogen and oxygen atoms in total. The summed E-state index contributed by atoms with van der Waals surface area (Å²) < 4.78 is 67.9. The highest BCUT2D eigenvalue weighted by Gasteiger charge is 2.30. The van der Waals surface area contributed by atoms with E-state index in [0.717, 1.165) is 115 Å². The second kappa shape index (κ2) is 56.6. The Kier molecular flexibility index (Phi) is 55.2. The molecule has 0 saturated carbocycles. The number of phosphoric ester groups is 2. The van der Waals surface area contributed by atoms with E-state index in [1.165, 1.54) is 116 Å². The Morgan fingerprint density at radius 2 is 0.554 bits per heavy atom. The molecule has 0 aliphatic heterocycles. The first-order chi connectivity index (χ1) is 39.9. The number of aliphatic hydroxyl groups is 1. The predicted molar refractivity (Wildman–Crippen MR) is 331 cm³/mol. The van der Waals surface area contributed by atoms with Crippen molar-refractivity contribution < 1.29 is 80.2 Å². The van der Waals surface area contributed by atoms with Crippen molar-refractivity contribution in [1.82, 2.24) is 0 Å². The molecule has 0 heterocycles. The summed E-state index contributed by atoms with van der Waals surface area (Å²) in [6.45, 7) is 9.41. The first-order valence-corrected chi connectivity index (χ1v) is 36.5. The zero-order valence-corrected chi connectivity index (χ0v) is 55.3. The Morgan fingerprint density at radius 1 is 0.325 bits per heavy atom. The molecule has 0 amide bonds. The number of esters is 4. The molecule has 0 aromatic heterocycles. The fraction of sp³-hybridized carbons (Fsp3) is 0.938. The molecule has 0 rings (SSSR count). The van der Waals surface area contributed by atoms with Crippen LogP contribution in [0.3, 0.4) is 0 Å². The number of carbonyl (C=O) groups is 4. The molecular formula is C64H124O17P2. The lowest BCUT2D eigenvalue weighted by atomic mass is 10.0. The maximum Gasteiger partial charge on any atom is 0.472 e. The first-order valence-electron chi connectivity index (χ1n) is 33.5. The van der Waals surface area contributed by atoms with Gasteiger partial charge in [-0.1, -0.05) is 266 Å². The summed E-state index contributed by atoms with van der Waals surface area (Å²) in [5.74, 6) is -0.647. The minimum absolute atomic E-state index is 0.106. The van der Waals surface area contributed by atoms with Gasteiger partial charge in [-0.05, 0) is 37.5 Å². The Morgan fingerprint density at radius 3 is 0.819 bits per heavy atom. The fourth-order valence-corrected chi connectivity index (χ4v) is 11.1. The van der Waals surface area contributed by atoms with Gasteiger partial charge in [0, 0.05) is 25.7 Å². The lowest BCUT2D eigenvalue weighted by molar-refractivity contribution is -0.161. The van der Waals surface area contributed by atoms with E-state index in [1.54, 1.807) is 0 Å². The van der Waals surface area contributed by atoms with Crippen LogP contribution in [0.4, 0.5) is 0 Å². The largest absolute Gasteiger partial charge is 0.472 e. The lowest BCUT2D eigenvalue weighted by Crippen LogP contribution is -2.30. The van der Waals surface area contributed by atoms with Crippen molar-refractivity contribution in [3.8, 4) is 0 Å². The van der Waals surface area contributed by atoms with Crippen LogP contribution in [0.2, 0.25) is 0 Å². The van der Waals surface area contributed by atoms with Gasteiger partial charge < -0.3 is 33.8 Å². The van der Waals surface area contributed by atoms with Crippen LogP contribution in [0.1, 0.15) is 318 Å². The molecule has 0 aromatic carbocycles. The molecule has 0 radical (unpaired) electrons. The molecule has 0 aliphatic carbocycles. The third kappa shape index (κ3) is 58.8. The van der Waals surface area contributed by atoms with E-state index in [9.17, 15) is 43.2 Å². The van der Waals surface area contributed by atoms with E-state index in [4.69, 9.17) is 37.0 Å². The topological polar surface area (TPSA) is 237 Å². The van der Waals surface area contributed by atoms with E-state index < -0.39 is 97.5 Å². The zero-order chi connectivity index (χ0) is 61.5. The molecule has 492 valence electrons. The van der Waals surface area contributed by atoms with Crippen molar-refractivity contribution in [1.29, 1.82) is 0 Å². The SMILES string of the molecule is CCCCCCCCCCCCC(=O)O[C@H](COC(=O)CCCCCCCCC)COP(=O)(O)OC[C@H](O)COP(=O)(O)OC[C@@H](COC(=O)CCCCCCCCCC(C)C)OC(=O)CCCCCCCCCCCCCCCC(C)C. The number of aliphatic hydroxyl groups excluding tert-OH is 1. The van der Waals surface area contributed by atoms with E-state index in [1.807, 2.05) is 0 Å². The second-order valence-corrected chi connectivity index (χ2v) is 27.0. The molecule has 0 saturated heterocycles. The number of carbonyl (C=O) groups excluding carboxylic acids is 4. The molecule has 5 atom stereocenters. The van der Waals surface area contributed by atoms with Crippen molar-refractivity contribution in [3.63, 3.8) is 0 Å². The molecule has 0 aliphatic rings. The van der Waals surface area contributed by atoms with E-state index in [0.29, 0.717) is 31.6 Å². The summed E-state index contributed by atoms with van der Waals surface area (Å²) in [7, 11) is -9.88. The molecule has 0 bridgehead atoms. The molecule has 83 heavy (non-hydrogen) atoms. The van der Waals surface area contributed by atoms with Crippen molar-refractivity contribution in [2.24, 2.45) is 11.8 Å². The van der Waals surface area contributed by atoms with Crippen LogP contribution in [0.25, 0.3) is 0 Å². The Hall–Kier alpha value is -1.94. The minimum Gasteiger partial charge on any atom is -0.462 e. The third-order valence-corrected chi connectivity index (χ3v) is 16.6. The van der Waals surface area contributed by atoms with Crippen LogP contribution in [0.15, 0.2) is 0 Å². The predicted octanol–water partition coefficient (Wildman–Crippen LogP) is 17.7. The second-order valence-electron chi connectivity index (χ2n) is 24.1. The number of rotatable bonds is 63. The maximum atomic E-state index is 13.0. The van der Waals surface area contributed by atoms with Crippen LogP contribution in [0.5, 0.6) is 0 Å². The molecule has 0 spiro atoms. The van der Waals surface area contributed by atoms with Gasteiger partial charge in [0.2, 0.25) is 0 Å². The maximum absolute atomic E-state index is 13.0. The molecule has 0 aromatic rings. The van der Waals surface area contributed by atoms with Crippen molar-refractivity contribution in [2.75, 3.05) is 39.6 Å². The van der Waals surface area contributed by atoms with Gasteiger partial charge in [-0.15, -0.1) is 0 Å². The highest BCUT2D eigenvalue weighted by Crippen LogP contribution is 2.45. The third-order valence-electron chi connectivity index (χ3n) is 14.7. The summed E-state index contributed by atoms with van der Waals surface area (Å²) in [5, 5.41) is 10.5. The van der Waals surface area contributed by atoms with E-state index in [-0.39, 0.29) is 25.7 Å². The van der Waals surface area contributed by atoms with Crippen LogP contribution in [-0.4, -0.2) is 96.7 Å². The standard InChI is InChI=1S/C64H124O17P2/c1-7-9-11-13-15-16-23-29-36-42-48-63(68)80-59(52-74-61(66)46-40-34-26-14-12-10-8-2)54-78-82(70,71)76-50-58(65)51-77-83(72,73)79-55-60(53-75-62(67)47-41-35-31-25-28-33-39-45-57(5)6)81-64(69)49-43-37-30-24-21-19-17-18-20-22-27-32-38-44-56(3)4/h56-60,65H,7-55H2,1-6H3,(H,70,71)(H,72,73)/t58-,59+,60+/m0/s1. The van der Waals surface area contributed by atoms with Gasteiger partial charge in [0.15, 0.2) is 12.2 Å². The van der Waals surface area contributed by atoms with Crippen LogP contribution < -0.4 is 0 Å². The number of phosphoric acid groups is 2. The highest BCUT2D eigenvalue weighted by molar-refractivity contribution is 7.47. The summed E-state index contributed by atoms with van der Waals surface area (Å²) in [5.41, 5.74) is 0. The van der Waals surface area contributed by atoms with E-state index >= 15 is 0 Å². The number of ether oxygens (including phenoxy) is 4. The monoisotopic (exact) mass is 1230 g/mol. The van der Waals surface area contributed by atoms with Gasteiger partial charge >= 0.3 is 39.5 Å². The zero-order valence-electron chi connectivity index (χ0n) is 53.5. The summed E-state index contributed by atoms with van der Waals surface area (Å²) >= 11 is 0. The van der Waals surface area contributed by atoms with Gasteiger partial charge in [0.1, 0.15) is 19.3 Å². The molecule has 2 unspecified atom stereocenters. The highest BCUT2D eigenvalue weighted by atomic mass is 31.2. The average molecular weight is 1230 g/mol. The van der Waals surface area contributed by atoms with Gasteiger partial charge in [0.05, 0.1) is 26.4 Å². The van der Waals surface area contributed by atoms with Gasteiger partial charge in [0.25, 0.3) is 0 Å². The lowest BCUT2D eigenvalue weighted by Gasteiger charge is -2.21. The van der Waals surface area contributed by atoms with Crippen molar-refractivity contribution in [2.45, 2.75) is 336 Å². The molecule has 19 heteroatoms. The fourth-order valence-electron chi connectivity index (χ4n) is 9.53. The molecular weight excluding hydrogens is 1100 g/mol. The van der Waals surface area contributed by atoms with Gasteiger partial charge in [-0.3, -0.25) is 37.3 Å². The molecule has 3 N–H and O–H groups in total. The minimum atomic E-state index is -4.94. The number of hydrogen-bond donors (Lipinski definition) is 3. The summed E-state index contributed by atoms with van der Waals surface area (Å²) in [6, 6.07) is 0. The molecule has 0 fully saturated rings. The first kappa shape index (κ1) is 81.1. The number of hydrogen-bond acceptors (Lipinski definition) is 15. The van der Waals surface area contributed by atoms with Crippen molar-refractivity contribution >= 4 is 39.5 Å². The summed E-state index contributed by atoms with van der Waals surface area (Å²) in [6.07, 6.45) is 39.1. The number of unbranched alkanes of at least 4 members (excludes halogenated alkanes) is 33. The Bertz CT molecular complexity index is 1630. The summed E-state index contributed by atoms with van der Waals surface area (Å²) in [4.78, 5) is 72.1.